The van der Waals surface area contributed by atoms with Crippen molar-refractivity contribution in [3.63, 3.8) is 0 Å². The average Bonchev–Trinajstić information content (AvgIpc) is 2.73. The summed E-state index contributed by atoms with van der Waals surface area (Å²) in [5, 5.41) is 21.8. The summed E-state index contributed by atoms with van der Waals surface area (Å²) in [6.45, 7) is 4.54. The third kappa shape index (κ3) is 9.87. The van der Waals surface area contributed by atoms with E-state index in [1.165, 1.54) is 0 Å². The number of phenols is 1. The highest BCUT2D eigenvalue weighted by Gasteiger charge is 2.15. The first-order valence-corrected chi connectivity index (χ1v) is 10.4. The van der Waals surface area contributed by atoms with Crippen LogP contribution in [0.1, 0.15) is 31.4 Å². The predicted molar refractivity (Wildman–Crippen MR) is 116 cm³/mol. The molecule has 6 heteroatoms. The fourth-order valence-corrected chi connectivity index (χ4v) is 3.00. The number of ether oxygens (including phenoxy) is 2. The third-order valence-electron chi connectivity index (χ3n) is 4.56. The van der Waals surface area contributed by atoms with E-state index in [0.29, 0.717) is 32.5 Å². The number of carbonyl (C=O) groups is 1. The molecule has 0 aliphatic rings. The van der Waals surface area contributed by atoms with E-state index in [2.05, 4.69) is 5.32 Å². The quantitative estimate of drug-likeness (QED) is 0.468. The second-order valence-electron chi connectivity index (χ2n) is 7.65. The number of rotatable bonds is 13. The van der Waals surface area contributed by atoms with Crippen LogP contribution in [0.2, 0.25) is 0 Å². The van der Waals surface area contributed by atoms with Crippen molar-refractivity contribution < 1.29 is 24.5 Å². The van der Waals surface area contributed by atoms with Crippen molar-refractivity contribution in [1.29, 1.82) is 0 Å². The number of aryl methyl sites for hydroxylation is 1. The smallest absolute Gasteiger partial charge is 0.220 e. The predicted octanol–water partition coefficient (Wildman–Crippen LogP) is 2.85. The number of aromatic hydroxyl groups is 1. The zero-order valence-electron chi connectivity index (χ0n) is 17.8. The van der Waals surface area contributed by atoms with Crippen molar-refractivity contribution in [2.45, 2.75) is 51.4 Å². The van der Waals surface area contributed by atoms with Gasteiger partial charge in [0.1, 0.15) is 5.75 Å². The van der Waals surface area contributed by atoms with Crippen LogP contribution in [0.15, 0.2) is 54.6 Å². The van der Waals surface area contributed by atoms with Crippen molar-refractivity contribution in [1.82, 2.24) is 5.32 Å². The summed E-state index contributed by atoms with van der Waals surface area (Å²) in [7, 11) is 0. The number of nitrogens with one attached hydrogen (secondary N) is 1. The average molecular weight is 416 g/mol. The van der Waals surface area contributed by atoms with Gasteiger partial charge in [0, 0.05) is 6.42 Å². The Kier molecular flexibility index (Phi) is 10.3. The summed E-state index contributed by atoms with van der Waals surface area (Å²) in [5.41, 5.74) is 2.13. The molecular formula is C24H33NO5. The van der Waals surface area contributed by atoms with E-state index >= 15 is 0 Å². The van der Waals surface area contributed by atoms with Crippen molar-refractivity contribution in [2.75, 3.05) is 19.8 Å². The summed E-state index contributed by atoms with van der Waals surface area (Å²) in [5.74, 6) is 0.187. The number of amides is 1. The third-order valence-corrected chi connectivity index (χ3v) is 4.56. The fourth-order valence-electron chi connectivity index (χ4n) is 3.00. The van der Waals surface area contributed by atoms with Crippen LogP contribution in [0.25, 0.3) is 0 Å². The maximum Gasteiger partial charge on any atom is 0.220 e. The van der Waals surface area contributed by atoms with Gasteiger partial charge in [0.25, 0.3) is 0 Å². The van der Waals surface area contributed by atoms with E-state index in [0.717, 1.165) is 11.1 Å². The van der Waals surface area contributed by atoms with Crippen molar-refractivity contribution in [3.05, 3.63) is 65.7 Å². The van der Waals surface area contributed by atoms with E-state index in [1.807, 2.05) is 49.4 Å². The second-order valence-corrected chi connectivity index (χ2v) is 7.65. The minimum absolute atomic E-state index is 0.0235. The molecule has 3 N–H and O–H groups in total. The summed E-state index contributed by atoms with van der Waals surface area (Å²) in [6.07, 6.45) is 1.02. The molecule has 0 aliphatic carbocycles. The number of aliphatic hydroxyl groups is 1. The molecule has 6 nitrogen and oxygen atoms in total. The maximum atomic E-state index is 12.5. The Morgan fingerprint density at radius 2 is 1.67 bits per heavy atom. The van der Waals surface area contributed by atoms with E-state index in [9.17, 15) is 15.0 Å². The van der Waals surface area contributed by atoms with E-state index in [-0.39, 0.29) is 30.4 Å². The molecule has 0 radical (unpaired) electrons. The summed E-state index contributed by atoms with van der Waals surface area (Å²) >= 11 is 0. The Bertz CT molecular complexity index is 733. The Morgan fingerprint density at radius 3 is 2.33 bits per heavy atom. The van der Waals surface area contributed by atoms with Crippen LogP contribution < -0.4 is 5.32 Å². The summed E-state index contributed by atoms with van der Waals surface area (Å²) in [6, 6.07) is 16.7. The lowest BCUT2D eigenvalue weighted by Gasteiger charge is -2.21. The lowest BCUT2D eigenvalue weighted by Crippen LogP contribution is -2.40. The van der Waals surface area contributed by atoms with Crippen LogP contribution in [0, 0.1) is 0 Å². The van der Waals surface area contributed by atoms with E-state index in [4.69, 9.17) is 9.47 Å². The van der Waals surface area contributed by atoms with Gasteiger partial charge < -0.3 is 25.0 Å². The Hall–Kier alpha value is -2.41. The van der Waals surface area contributed by atoms with Gasteiger partial charge in [0.2, 0.25) is 5.91 Å². The van der Waals surface area contributed by atoms with Gasteiger partial charge in [-0.2, -0.15) is 0 Å². The van der Waals surface area contributed by atoms with Crippen LogP contribution in [-0.4, -0.2) is 54.2 Å². The topological polar surface area (TPSA) is 88.0 Å². The molecule has 164 valence electrons. The molecule has 2 aromatic rings. The number of benzene rings is 2. The number of hydrogen-bond donors (Lipinski definition) is 3. The number of aliphatic hydroxyl groups excluding tert-OH is 1. The molecule has 2 aromatic carbocycles. The van der Waals surface area contributed by atoms with Crippen LogP contribution in [0.5, 0.6) is 5.75 Å². The monoisotopic (exact) mass is 415 g/mol. The first-order chi connectivity index (χ1) is 14.4. The zero-order valence-corrected chi connectivity index (χ0v) is 17.8. The van der Waals surface area contributed by atoms with Gasteiger partial charge in [-0.25, -0.2) is 0 Å². The Morgan fingerprint density at radius 1 is 0.967 bits per heavy atom. The van der Waals surface area contributed by atoms with Crippen molar-refractivity contribution in [3.8, 4) is 5.75 Å². The Labute approximate surface area is 178 Å². The van der Waals surface area contributed by atoms with Gasteiger partial charge in [-0.1, -0.05) is 42.5 Å². The first-order valence-electron chi connectivity index (χ1n) is 10.4. The molecule has 0 aliphatic heterocycles. The fraction of sp³-hybridized carbons (Fsp3) is 0.458. The van der Waals surface area contributed by atoms with Crippen LogP contribution in [0.4, 0.5) is 0 Å². The molecule has 1 unspecified atom stereocenters. The molecule has 0 fully saturated rings. The van der Waals surface area contributed by atoms with E-state index < -0.39 is 6.10 Å². The molecule has 2 rings (SSSR count). The minimum atomic E-state index is -0.515. The van der Waals surface area contributed by atoms with Crippen LogP contribution >= 0.6 is 0 Å². The maximum absolute atomic E-state index is 12.5. The molecule has 0 aromatic heterocycles. The van der Waals surface area contributed by atoms with Crippen molar-refractivity contribution in [2.24, 2.45) is 0 Å². The lowest BCUT2D eigenvalue weighted by atomic mass is 10.1. The Balaban J connectivity index is 1.86. The van der Waals surface area contributed by atoms with Gasteiger partial charge in [-0.05, 0) is 49.9 Å². The lowest BCUT2D eigenvalue weighted by molar-refractivity contribution is -0.122. The summed E-state index contributed by atoms with van der Waals surface area (Å²) in [4.78, 5) is 12.5. The van der Waals surface area contributed by atoms with Gasteiger partial charge in [0.15, 0.2) is 0 Å². The molecule has 0 saturated heterocycles. The summed E-state index contributed by atoms with van der Waals surface area (Å²) < 4.78 is 11.3. The van der Waals surface area contributed by atoms with Crippen LogP contribution in [0.3, 0.4) is 0 Å². The highest BCUT2D eigenvalue weighted by Crippen LogP contribution is 2.12. The molecule has 0 heterocycles. The van der Waals surface area contributed by atoms with Gasteiger partial charge >= 0.3 is 0 Å². The van der Waals surface area contributed by atoms with Crippen molar-refractivity contribution >= 4 is 5.91 Å². The van der Waals surface area contributed by atoms with Gasteiger partial charge in [-0.15, -0.1) is 0 Å². The molecule has 30 heavy (non-hydrogen) atoms. The largest absolute Gasteiger partial charge is 0.508 e. The number of phenolic OH excluding ortho intramolecular Hbond substituents is 1. The highest BCUT2D eigenvalue weighted by atomic mass is 16.5. The zero-order chi connectivity index (χ0) is 21.8. The highest BCUT2D eigenvalue weighted by molar-refractivity contribution is 5.76. The number of hydrogen-bond acceptors (Lipinski definition) is 5. The molecule has 1 amide bonds. The number of carbonyl (C=O) groups excluding carboxylic acids is 1. The normalized spacial score (nSPS) is 14.1. The molecule has 0 bridgehead atoms. The first kappa shape index (κ1) is 23.9. The second kappa shape index (κ2) is 13.0. The van der Waals surface area contributed by atoms with Gasteiger partial charge in [0.05, 0.1) is 38.1 Å². The SMILES string of the molecule is C[C@@H](O)CO[C@@H](C)COCC(Cc1ccc(O)cc1)NC(=O)CCc1ccccc1. The molecular weight excluding hydrogens is 382 g/mol. The minimum Gasteiger partial charge on any atom is -0.508 e. The van der Waals surface area contributed by atoms with Crippen LogP contribution in [-0.2, 0) is 27.1 Å². The molecule has 3 atom stereocenters. The molecule has 0 spiro atoms. The molecule has 0 saturated carbocycles. The van der Waals surface area contributed by atoms with Gasteiger partial charge in [-0.3, -0.25) is 4.79 Å². The van der Waals surface area contributed by atoms with E-state index in [1.54, 1.807) is 19.1 Å². The standard InChI is InChI=1S/C24H33NO5/c1-18(26)15-30-19(2)16-29-17-22(14-21-8-11-23(27)12-9-21)25-24(28)13-10-20-6-4-3-5-7-20/h3-9,11-12,18-19,22,26-27H,10,13-17H2,1-2H3,(H,25,28)/t18-,19+,22?/m1/s1.